The lowest BCUT2D eigenvalue weighted by Crippen LogP contribution is -2.49. The van der Waals surface area contributed by atoms with Crippen molar-refractivity contribution < 1.29 is 29.5 Å². The first-order valence-corrected chi connectivity index (χ1v) is 5.88. The van der Waals surface area contributed by atoms with Crippen LogP contribution in [0.2, 0.25) is 0 Å². The van der Waals surface area contributed by atoms with Crippen molar-refractivity contribution in [2.24, 2.45) is 0 Å². The molecule has 0 fully saturated rings. The number of nitrogens with one attached hydrogen (secondary N) is 1. The quantitative estimate of drug-likeness (QED) is 0.472. The molecule has 2 atom stereocenters. The molecule has 0 radical (unpaired) electrons. The van der Waals surface area contributed by atoms with Gasteiger partial charge in [0.25, 0.3) is 11.6 Å². The molecular formula is C12H14N2O7. The third-order valence-electron chi connectivity index (χ3n) is 2.48. The Morgan fingerprint density at radius 3 is 2.38 bits per heavy atom. The van der Waals surface area contributed by atoms with E-state index in [1.54, 1.807) is 0 Å². The summed E-state index contributed by atoms with van der Waals surface area (Å²) in [4.78, 5) is 32.1. The van der Waals surface area contributed by atoms with E-state index in [-0.39, 0.29) is 11.4 Å². The van der Waals surface area contributed by atoms with Crippen LogP contribution < -0.4 is 10.1 Å². The standard InChI is InChI=1S/C12H14N2O7/c1-7(15)11(12(17)18)13-10(16)6-21-9-4-2-8(3-5-9)14(19)20/h2-5,7,11,15H,6H2,1H3,(H,13,16)(H,17,18)/t7-,11+/m1/s1. The second kappa shape index (κ2) is 7.20. The van der Waals surface area contributed by atoms with Crippen LogP contribution in [-0.4, -0.2) is 45.8 Å². The van der Waals surface area contributed by atoms with Crippen LogP contribution >= 0.6 is 0 Å². The van der Waals surface area contributed by atoms with Gasteiger partial charge in [0.05, 0.1) is 11.0 Å². The number of carboxylic acid groups (broad SMARTS) is 1. The van der Waals surface area contributed by atoms with Crippen LogP contribution in [0.3, 0.4) is 0 Å². The highest BCUT2D eigenvalue weighted by atomic mass is 16.6. The Morgan fingerprint density at radius 1 is 1.38 bits per heavy atom. The number of nitro groups is 1. The fraction of sp³-hybridized carbons (Fsp3) is 0.333. The Morgan fingerprint density at radius 2 is 1.95 bits per heavy atom. The highest BCUT2D eigenvalue weighted by Crippen LogP contribution is 2.17. The Labute approximate surface area is 119 Å². The molecule has 0 saturated carbocycles. The molecule has 1 aromatic carbocycles. The molecule has 9 nitrogen and oxygen atoms in total. The largest absolute Gasteiger partial charge is 0.484 e. The van der Waals surface area contributed by atoms with Gasteiger partial charge in [-0.2, -0.15) is 0 Å². The molecule has 0 aliphatic carbocycles. The van der Waals surface area contributed by atoms with Crippen LogP contribution in [0.25, 0.3) is 0 Å². The lowest BCUT2D eigenvalue weighted by Gasteiger charge is -2.17. The molecule has 1 amide bonds. The zero-order valence-corrected chi connectivity index (χ0v) is 11.1. The van der Waals surface area contributed by atoms with Gasteiger partial charge in [-0.05, 0) is 19.1 Å². The third-order valence-corrected chi connectivity index (χ3v) is 2.48. The number of carbonyl (C=O) groups excluding carboxylic acids is 1. The van der Waals surface area contributed by atoms with Gasteiger partial charge in [-0.15, -0.1) is 0 Å². The van der Waals surface area contributed by atoms with E-state index in [4.69, 9.17) is 9.84 Å². The van der Waals surface area contributed by atoms with Gasteiger partial charge in [0, 0.05) is 12.1 Å². The molecule has 0 saturated heterocycles. The molecule has 0 aliphatic rings. The molecule has 114 valence electrons. The molecule has 0 aromatic heterocycles. The summed E-state index contributed by atoms with van der Waals surface area (Å²) >= 11 is 0. The number of aliphatic hydroxyl groups is 1. The van der Waals surface area contributed by atoms with Crippen molar-refractivity contribution in [3.63, 3.8) is 0 Å². The molecule has 0 heterocycles. The maximum absolute atomic E-state index is 11.5. The van der Waals surface area contributed by atoms with E-state index in [1.165, 1.54) is 31.2 Å². The number of nitro benzene ring substituents is 1. The lowest BCUT2D eigenvalue weighted by molar-refractivity contribution is -0.384. The van der Waals surface area contributed by atoms with Crippen molar-refractivity contribution >= 4 is 17.6 Å². The van der Waals surface area contributed by atoms with Crippen molar-refractivity contribution in [2.75, 3.05) is 6.61 Å². The van der Waals surface area contributed by atoms with Crippen molar-refractivity contribution in [1.29, 1.82) is 0 Å². The first-order valence-electron chi connectivity index (χ1n) is 5.88. The molecule has 21 heavy (non-hydrogen) atoms. The van der Waals surface area contributed by atoms with Gasteiger partial charge in [-0.25, -0.2) is 4.79 Å². The Balaban J connectivity index is 2.52. The van der Waals surface area contributed by atoms with Gasteiger partial charge < -0.3 is 20.3 Å². The summed E-state index contributed by atoms with van der Waals surface area (Å²) in [6.07, 6.45) is -1.26. The van der Waals surface area contributed by atoms with Gasteiger partial charge in [0.1, 0.15) is 5.75 Å². The highest BCUT2D eigenvalue weighted by Gasteiger charge is 2.24. The molecule has 0 unspecified atom stereocenters. The second-order valence-corrected chi connectivity index (χ2v) is 4.16. The smallest absolute Gasteiger partial charge is 0.328 e. The molecule has 3 N–H and O–H groups in total. The number of hydrogen-bond acceptors (Lipinski definition) is 6. The van der Waals surface area contributed by atoms with Gasteiger partial charge >= 0.3 is 5.97 Å². The molecular weight excluding hydrogens is 284 g/mol. The zero-order chi connectivity index (χ0) is 16.0. The molecule has 9 heteroatoms. The van der Waals surface area contributed by atoms with Gasteiger partial charge in [0.2, 0.25) is 0 Å². The normalized spacial score (nSPS) is 13.0. The monoisotopic (exact) mass is 298 g/mol. The van der Waals surface area contributed by atoms with Crippen LogP contribution in [0.4, 0.5) is 5.69 Å². The predicted octanol–water partition coefficient (Wildman–Crippen LogP) is -0.0762. The van der Waals surface area contributed by atoms with Crippen molar-refractivity contribution in [3.05, 3.63) is 34.4 Å². The summed E-state index contributed by atoms with van der Waals surface area (Å²) < 4.78 is 5.05. The van der Waals surface area contributed by atoms with E-state index < -0.39 is 35.6 Å². The first-order chi connectivity index (χ1) is 9.81. The number of carboxylic acids is 1. The third kappa shape index (κ3) is 5.07. The Bertz CT molecular complexity index is 527. The SMILES string of the molecule is C[C@@H](O)[C@H](NC(=O)COc1ccc([N+](=O)[O-])cc1)C(=O)O. The summed E-state index contributed by atoms with van der Waals surface area (Å²) in [6.45, 7) is 0.755. The average Bonchev–Trinajstić information content (AvgIpc) is 2.42. The second-order valence-electron chi connectivity index (χ2n) is 4.16. The Kier molecular flexibility index (Phi) is 5.61. The zero-order valence-electron chi connectivity index (χ0n) is 11.1. The van der Waals surface area contributed by atoms with Gasteiger partial charge in [-0.3, -0.25) is 14.9 Å². The molecule has 0 spiro atoms. The van der Waals surface area contributed by atoms with Crippen LogP contribution in [-0.2, 0) is 9.59 Å². The topological polar surface area (TPSA) is 139 Å². The van der Waals surface area contributed by atoms with Crippen molar-refractivity contribution in [1.82, 2.24) is 5.32 Å². The van der Waals surface area contributed by atoms with E-state index in [9.17, 15) is 24.8 Å². The van der Waals surface area contributed by atoms with Crippen molar-refractivity contribution in [3.8, 4) is 5.75 Å². The lowest BCUT2D eigenvalue weighted by atomic mass is 10.2. The molecule has 1 aromatic rings. The van der Waals surface area contributed by atoms with Crippen LogP contribution in [0.15, 0.2) is 24.3 Å². The number of aliphatic hydroxyl groups excluding tert-OH is 1. The number of ether oxygens (including phenoxy) is 1. The highest BCUT2D eigenvalue weighted by molar-refractivity contribution is 5.84. The summed E-state index contributed by atoms with van der Waals surface area (Å²) in [5.41, 5.74) is -0.119. The maximum Gasteiger partial charge on any atom is 0.328 e. The number of benzene rings is 1. The number of nitrogens with zero attached hydrogens (tertiary/aromatic N) is 1. The summed E-state index contributed by atoms with van der Waals surface area (Å²) in [6, 6.07) is 3.62. The summed E-state index contributed by atoms with van der Waals surface area (Å²) in [5.74, 6) is -1.88. The maximum atomic E-state index is 11.5. The van der Waals surface area contributed by atoms with Crippen LogP contribution in [0, 0.1) is 10.1 Å². The Hall–Kier alpha value is -2.68. The minimum atomic E-state index is -1.43. The number of amides is 1. The van der Waals surface area contributed by atoms with E-state index in [1.807, 2.05) is 0 Å². The number of non-ortho nitro benzene ring substituents is 1. The average molecular weight is 298 g/mol. The predicted molar refractivity (Wildman–Crippen MR) is 69.8 cm³/mol. The molecule has 0 bridgehead atoms. The number of aliphatic carboxylic acids is 1. The van der Waals surface area contributed by atoms with Gasteiger partial charge in [-0.1, -0.05) is 0 Å². The number of hydrogen-bond donors (Lipinski definition) is 3. The molecule has 0 aliphatic heterocycles. The fourth-order valence-corrected chi connectivity index (χ4v) is 1.42. The molecule has 1 rings (SSSR count). The van der Waals surface area contributed by atoms with Crippen LogP contribution in [0.1, 0.15) is 6.92 Å². The van der Waals surface area contributed by atoms with E-state index in [0.29, 0.717) is 0 Å². The minimum absolute atomic E-state index is 0.119. The van der Waals surface area contributed by atoms with E-state index >= 15 is 0 Å². The summed E-state index contributed by atoms with van der Waals surface area (Å²) in [7, 11) is 0. The summed E-state index contributed by atoms with van der Waals surface area (Å²) in [5, 5.41) is 30.5. The minimum Gasteiger partial charge on any atom is -0.484 e. The number of carbonyl (C=O) groups is 2. The van der Waals surface area contributed by atoms with Gasteiger partial charge in [0.15, 0.2) is 12.6 Å². The number of rotatable bonds is 7. The fourth-order valence-electron chi connectivity index (χ4n) is 1.42. The van der Waals surface area contributed by atoms with Crippen molar-refractivity contribution in [2.45, 2.75) is 19.1 Å². The van der Waals surface area contributed by atoms with E-state index in [0.717, 1.165) is 0 Å². The first kappa shape index (κ1) is 16.4. The van der Waals surface area contributed by atoms with Crippen LogP contribution in [0.5, 0.6) is 5.75 Å². The van der Waals surface area contributed by atoms with E-state index in [2.05, 4.69) is 5.32 Å².